The van der Waals surface area contributed by atoms with Gasteiger partial charge in [-0.1, -0.05) is 6.07 Å². The Labute approximate surface area is 70.8 Å². The van der Waals surface area contributed by atoms with Gasteiger partial charge in [-0.05, 0) is 17.7 Å². The molecule has 2 N–H and O–H groups in total. The molecule has 62 valence electrons. The molecule has 0 atom stereocenters. The smallest absolute Gasteiger partial charge is 0.254 e. The van der Waals surface area contributed by atoms with Crippen LogP contribution >= 0.6 is 0 Å². The lowest BCUT2D eigenvalue weighted by Crippen LogP contribution is -2.17. The average Bonchev–Trinajstić information content (AvgIpc) is 2.31. The molecule has 1 aromatic carbocycles. The molecule has 3 heteroatoms. The summed E-state index contributed by atoms with van der Waals surface area (Å²) in [6.45, 7) is 0.703. The molecule has 0 aliphatic carbocycles. The van der Waals surface area contributed by atoms with Gasteiger partial charge in [-0.15, -0.1) is 0 Å². The second-order valence-corrected chi connectivity index (χ2v) is 3.08. The molecule has 0 aromatic heterocycles. The highest BCUT2D eigenvalue weighted by Gasteiger charge is 2.23. The van der Waals surface area contributed by atoms with Gasteiger partial charge in [0.2, 0.25) is 0 Å². The van der Waals surface area contributed by atoms with Crippen LogP contribution in [0.2, 0.25) is 0 Å². The molecule has 12 heavy (non-hydrogen) atoms. The van der Waals surface area contributed by atoms with E-state index in [1.54, 1.807) is 18.0 Å². The molecule has 1 aliphatic heterocycles. The normalized spacial score (nSPS) is 15.1. The van der Waals surface area contributed by atoms with E-state index in [-0.39, 0.29) is 5.91 Å². The number of hydrogen-bond acceptors (Lipinski definition) is 2. The van der Waals surface area contributed by atoms with Crippen molar-refractivity contribution < 1.29 is 4.79 Å². The van der Waals surface area contributed by atoms with Gasteiger partial charge in [0.25, 0.3) is 5.91 Å². The zero-order chi connectivity index (χ0) is 8.72. The fourth-order valence-electron chi connectivity index (χ4n) is 1.46. The van der Waals surface area contributed by atoms with Crippen LogP contribution in [0.4, 0.5) is 5.69 Å². The van der Waals surface area contributed by atoms with Crippen molar-refractivity contribution in [1.29, 1.82) is 0 Å². The van der Waals surface area contributed by atoms with Gasteiger partial charge in [-0.2, -0.15) is 0 Å². The number of hydrogen-bond donors (Lipinski definition) is 1. The first kappa shape index (κ1) is 7.16. The Bertz CT molecular complexity index is 346. The van der Waals surface area contributed by atoms with E-state index in [1.807, 2.05) is 12.1 Å². The lowest BCUT2D eigenvalue weighted by atomic mass is 10.1. The molecule has 1 aromatic rings. The van der Waals surface area contributed by atoms with E-state index in [0.717, 1.165) is 11.1 Å². The molecule has 0 radical (unpaired) electrons. The highest BCUT2D eigenvalue weighted by atomic mass is 16.2. The van der Waals surface area contributed by atoms with Crippen molar-refractivity contribution in [3.8, 4) is 0 Å². The Morgan fingerprint density at radius 3 is 3.00 bits per heavy atom. The molecule has 2 rings (SSSR count). The predicted octanol–water partition coefficient (Wildman–Crippen LogP) is 0.854. The average molecular weight is 162 g/mol. The van der Waals surface area contributed by atoms with Crippen LogP contribution in [-0.4, -0.2) is 17.9 Å². The van der Waals surface area contributed by atoms with E-state index < -0.39 is 0 Å². The highest BCUT2D eigenvalue weighted by molar-refractivity contribution is 5.98. The van der Waals surface area contributed by atoms with E-state index in [0.29, 0.717) is 12.2 Å². The summed E-state index contributed by atoms with van der Waals surface area (Å²) in [5, 5.41) is 0. The zero-order valence-electron chi connectivity index (χ0n) is 6.87. The van der Waals surface area contributed by atoms with Crippen molar-refractivity contribution in [1.82, 2.24) is 4.90 Å². The van der Waals surface area contributed by atoms with Crippen molar-refractivity contribution in [3.63, 3.8) is 0 Å². The van der Waals surface area contributed by atoms with Gasteiger partial charge in [-0.25, -0.2) is 0 Å². The summed E-state index contributed by atoms with van der Waals surface area (Å²) in [7, 11) is 1.79. The number of nitrogens with zero attached hydrogens (tertiary/aromatic N) is 1. The third-order valence-electron chi connectivity index (χ3n) is 2.12. The molecule has 0 saturated heterocycles. The standard InChI is InChI=1S/C9H10N2O/c1-11-5-6-2-3-7(10)4-8(6)9(11)12/h2-4H,5,10H2,1H3. The minimum absolute atomic E-state index is 0.0669. The summed E-state index contributed by atoms with van der Waals surface area (Å²) >= 11 is 0. The summed E-state index contributed by atoms with van der Waals surface area (Å²) in [5.74, 6) is 0.0669. The topological polar surface area (TPSA) is 46.3 Å². The van der Waals surface area contributed by atoms with Gasteiger partial charge in [0.1, 0.15) is 0 Å². The fourth-order valence-corrected chi connectivity index (χ4v) is 1.46. The van der Waals surface area contributed by atoms with Gasteiger partial charge >= 0.3 is 0 Å². The number of rotatable bonds is 0. The second-order valence-electron chi connectivity index (χ2n) is 3.08. The number of anilines is 1. The molecule has 0 bridgehead atoms. The molecule has 0 unspecified atom stereocenters. The summed E-state index contributed by atoms with van der Waals surface area (Å²) in [6, 6.07) is 5.47. The number of nitrogen functional groups attached to an aromatic ring is 1. The SMILES string of the molecule is CN1Cc2ccc(N)cc2C1=O. The third-order valence-corrected chi connectivity index (χ3v) is 2.12. The molecule has 0 fully saturated rings. The van der Waals surface area contributed by atoms with E-state index in [4.69, 9.17) is 5.73 Å². The molecule has 1 heterocycles. The Morgan fingerprint density at radius 2 is 2.25 bits per heavy atom. The summed E-state index contributed by atoms with van der Waals surface area (Å²) in [4.78, 5) is 13.1. The second kappa shape index (κ2) is 2.24. The van der Waals surface area contributed by atoms with Gasteiger partial charge < -0.3 is 10.6 Å². The van der Waals surface area contributed by atoms with E-state index in [1.165, 1.54) is 0 Å². The predicted molar refractivity (Wildman–Crippen MR) is 46.7 cm³/mol. The minimum atomic E-state index is 0.0669. The lowest BCUT2D eigenvalue weighted by molar-refractivity contribution is 0.0816. The van der Waals surface area contributed by atoms with Crippen molar-refractivity contribution >= 4 is 11.6 Å². The van der Waals surface area contributed by atoms with E-state index in [9.17, 15) is 4.79 Å². The van der Waals surface area contributed by atoms with Gasteiger partial charge in [-0.3, -0.25) is 4.79 Å². The van der Waals surface area contributed by atoms with Crippen LogP contribution in [0.5, 0.6) is 0 Å². The number of carbonyl (C=O) groups excluding carboxylic acids is 1. The highest BCUT2D eigenvalue weighted by Crippen LogP contribution is 2.22. The number of amides is 1. The van der Waals surface area contributed by atoms with Crippen LogP contribution in [0.1, 0.15) is 15.9 Å². The van der Waals surface area contributed by atoms with Gasteiger partial charge in [0.05, 0.1) is 0 Å². The van der Waals surface area contributed by atoms with Crippen molar-refractivity contribution in [3.05, 3.63) is 29.3 Å². The maximum absolute atomic E-state index is 11.4. The molecule has 0 spiro atoms. The third kappa shape index (κ3) is 0.863. The quantitative estimate of drug-likeness (QED) is 0.575. The largest absolute Gasteiger partial charge is 0.399 e. The maximum atomic E-state index is 11.4. The molecular weight excluding hydrogens is 152 g/mol. The number of nitrogens with two attached hydrogens (primary N) is 1. The molecule has 0 saturated carbocycles. The fraction of sp³-hybridized carbons (Fsp3) is 0.222. The van der Waals surface area contributed by atoms with E-state index >= 15 is 0 Å². The number of benzene rings is 1. The Balaban J connectivity index is 2.56. The van der Waals surface area contributed by atoms with Crippen molar-refractivity contribution in [2.75, 3.05) is 12.8 Å². The first-order valence-electron chi connectivity index (χ1n) is 3.82. The Morgan fingerprint density at radius 1 is 1.50 bits per heavy atom. The first-order chi connectivity index (χ1) is 5.68. The van der Waals surface area contributed by atoms with Crippen LogP contribution in [0.25, 0.3) is 0 Å². The first-order valence-corrected chi connectivity index (χ1v) is 3.82. The van der Waals surface area contributed by atoms with Crippen LogP contribution in [0.15, 0.2) is 18.2 Å². The summed E-state index contributed by atoms with van der Waals surface area (Å²) in [5.41, 5.74) is 8.03. The molecule has 1 amide bonds. The molecule has 1 aliphatic rings. The number of fused-ring (bicyclic) bond motifs is 1. The zero-order valence-corrected chi connectivity index (χ0v) is 6.87. The summed E-state index contributed by atoms with van der Waals surface area (Å²) in [6.07, 6.45) is 0. The molecule has 3 nitrogen and oxygen atoms in total. The summed E-state index contributed by atoms with van der Waals surface area (Å²) < 4.78 is 0. The lowest BCUT2D eigenvalue weighted by Gasteiger charge is -2.04. The monoisotopic (exact) mass is 162 g/mol. The van der Waals surface area contributed by atoms with Crippen molar-refractivity contribution in [2.45, 2.75) is 6.54 Å². The number of carbonyl (C=O) groups is 1. The van der Waals surface area contributed by atoms with Crippen LogP contribution < -0.4 is 5.73 Å². The van der Waals surface area contributed by atoms with Crippen molar-refractivity contribution in [2.24, 2.45) is 0 Å². The molecular formula is C9H10N2O. The van der Waals surface area contributed by atoms with Gasteiger partial charge in [0, 0.05) is 24.8 Å². The Kier molecular flexibility index (Phi) is 1.33. The van der Waals surface area contributed by atoms with Crippen LogP contribution in [-0.2, 0) is 6.54 Å². The van der Waals surface area contributed by atoms with Crippen LogP contribution in [0, 0.1) is 0 Å². The maximum Gasteiger partial charge on any atom is 0.254 e. The van der Waals surface area contributed by atoms with Gasteiger partial charge in [0.15, 0.2) is 0 Å². The van der Waals surface area contributed by atoms with Crippen LogP contribution in [0.3, 0.4) is 0 Å². The van der Waals surface area contributed by atoms with E-state index in [2.05, 4.69) is 0 Å². The Hall–Kier alpha value is -1.51. The minimum Gasteiger partial charge on any atom is -0.399 e.